The lowest BCUT2D eigenvalue weighted by Crippen LogP contribution is -2.30. The lowest BCUT2D eigenvalue weighted by Gasteiger charge is -2.17. The van der Waals surface area contributed by atoms with Crippen molar-refractivity contribution >= 4 is 27.4 Å². The Bertz CT molecular complexity index is 1330. The second-order valence-electron chi connectivity index (χ2n) is 7.79. The predicted octanol–water partition coefficient (Wildman–Crippen LogP) is 2.58. The van der Waals surface area contributed by atoms with Crippen LogP contribution in [0, 0.1) is 11.6 Å². The minimum atomic E-state index is -4.17. The molecule has 5 N–H and O–H groups in total. The third-order valence-corrected chi connectivity index (χ3v) is 7.88. The number of benzene rings is 2. The van der Waals surface area contributed by atoms with Gasteiger partial charge in [0.25, 0.3) is 0 Å². The first-order chi connectivity index (χ1) is 16.1. The summed E-state index contributed by atoms with van der Waals surface area (Å²) < 4.78 is 52.6. The zero-order chi connectivity index (χ0) is 24.5. The number of anilines is 2. The van der Waals surface area contributed by atoms with Crippen molar-refractivity contribution in [3.63, 3.8) is 0 Å². The van der Waals surface area contributed by atoms with E-state index in [1.807, 2.05) is 0 Å². The highest BCUT2D eigenvalue weighted by molar-refractivity contribution is 7.92. The smallest absolute Gasteiger partial charge is 0.319 e. The molecule has 0 spiro atoms. The van der Waals surface area contributed by atoms with Gasteiger partial charge in [-0.1, -0.05) is 0 Å². The summed E-state index contributed by atoms with van der Waals surface area (Å²) in [5.74, 6) is -1.78. The maximum absolute atomic E-state index is 13.7. The number of urea groups is 1. The number of carbonyl (C=O) groups is 1. The highest BCUT2D eigenvalue weighted by atomic mass is 32.2. The number of halogens is 2. The van der Waals surface area contributed by atoms with Crippen LogP contribution in [0.25, 0.3) is 11.4 Å². The molecule has 2 amide bonds. The highest BCUT2D eigenvalue weighted by Gasteiger charge is 2.58. The number of carbonyl (C=O) groups excluding carboxylic acids is 1. The maximum atomic E-state index is 13.7. The van der Waals surface area contributed by atoms with Gasteiger partial charge in [0.15, 0.2) is 15.7 Å². The van der Waals surface area contributed by atoms with E-state index < -0.39 is 37.1 Å². The van der Waals surface area contributed by atoms with Gasteiger partial charge in [0.1, 0.15) is 22.2 Å². The van der Waals surface area contributed by atoms with Gasteiger partial charge in [0.05, 0.1) is 17.2 Å². The van der Waals surface area contributed by atoms with Crippen LogP contribution in [0.5, 0.6) is 0 Å². The molecule has 1 aliphatic rings. The molecule has 1 saturated carbocycles. The predicted molar refractivity (Wildman–Crippen MR) is 120 cm³/mol. The molecule has 4 rings (SSSR count). The molecule has 1 aromatic heterocycles. The second kappa shape index (κ2) is 8.95. The molecule has 178 valence electrons. The van der Waals surface area contributed by atoms with E-state index in [1.54, 1.807) is 24.3 Å². The van der Waals surface area contributed by atoms with E-state index in [9.17, 15) is 22.0 Å². The zero-order valence-electron chi connectivity index (χ0n) is 17.8. The number of nitrogen functional groups attached to an aromatic ring is 1. The molecular formula is C22H21F2N5O4S. The van der Waals surface area contributed by atoms with Gasteiger partial charge < -0.3 is 21.5 Å². The van der Waals surface area contributed by atoms with Crippen LogP contribution >= 0.6 is 0 Å². The summed E-state index contributed by atoms with van der Waals surface area (Å²) in [6, 6.07) is 9.47. The van der Waals surface area contributed by atoms with E-state index in [0.717, 1.165) is 12.1 Å². The molecule has 1 heterocycles. The summed E-state index contributed by atoms with van der Waals surface area (Å²) >= 11 is 0. The summed E-state index contributed by atoms with van der Waals surface area (Å²) in [6.07, 6.45) is 0.435. The molecular weight excluding hydrogens is 468 g/mol. The topological polar surface area (TPSA) is 147 Å². The van der Waals surface area contributed by atoms with Crippen LogP contribution in [0.1, 0.15) is 18.5 Å². The van der Waals surface area contributed by atoms with Crippen LogP contribution in [-0.4, -0.2) is 42.7 Å². The maximum Gasteiger partial charge on any atom is 0.319 e. The molecule has 0 aliphatic heterocycles. The molecule has 0 radical (unpaired) electrons. The van der Waals surface area contributed by atoms with Crippen molar-refractivity contribution in [3.8, 4) is 11.4 Å². The normalized spacial score (nSPS) is 14.4. The van der Waals surface area contributed by atoms with E-state index in [2.05, 4.69) is 20.6 Å². The van der Waals surface area contributed by atoms with Gasteiger partial charge in [-0.25, -0.2) is 32.0 Å². The Balaban J connectivity index is 1.64. The first-order valence-corrected chi connectivity index (χ1v) is 11.7. The number of aromatic nitrogens is 2. The molecule has 2 aromatic carbocycles. The third kappa shape index (κ3) is 4.54. The number of nitrogens with zero attached hydrogens (tertiary/aromatic N) is 2. The number of hydrogen-bond acceptors (Lipinski definition) is 7. The van der Waals surface area contributed by atoms with Crippen LogP contribution in [0.2, 0.25) is 0 Å². The average Bonchev–Trinajstić information content (AvgIpc) is 3.60. The van der Waals surface area contributed by atoms with Gasteiger partial charge in [0.2, 0.25) is 0 Å². The fourth-order valence-electron chi connectivity index (χ4n) is 3.56. The largest absolute Gasteiger partial charge is 0.395 e. The van der Waals surface area contributed by atoms with Crippen molar-refractivity contribution in [1.82, 2.24) is 15.3 Å². The molecule has 1 fully saturated rings. The Labute approximate surface area is 194 Å². The quantitative estimate of drug-likeness (QED) is 0.399. The van der Waals surface area contributed by atoms with Crippen molar-refractivity contribution in [2.45, 2.75) is 22.5 Å². The van der Waals surface area contributed by atoms with Crippen molar-refractivity contribution in [1.29, 1.82) is 0 Å². The Morgan fingerprint density at radius 2 is 1.71 bits per heavy atom. The van der Waals surface area contributed by atoms with E-state index in [4.69, 9.17) is 10.8 Å². The number of sulfone groups is 1. The number of aliphatic hydroxyl groups excluding tert-OH is 1. The molecule has 12 heteroatoms. The molecule has 0 saturated heterocycles. The van der Waals surface area contributed by atoms with Gasteiger partial charge in [0, 0.05) is 29.9 Å². The van der Waals surface area contributed by atoms with Crippen LogP contribution in [0.4, 0.5) is 25.1 Å². The minimum absolute atomic E-state index is 0.0393. The van der Waals surface area contributed by atoms with Crippen LogP contribution in [0.15, 0.2) is 53.4 Å². The minimum Gasteiger partial charge on any atom is -0.395 e. The molecule has 0 bridgehead atoms. The van der Waals surface area contributed by atoms with E-state index in [1.165, 1.54) is 6.07 Å². The van der Waals surface area contributed by atoms with Gasteiger partial charge in [-0.2, -0.15) is 0 Å². The summed E-state index contributed by atoms with van der Waals surface area (Å²) in [4.78, 5) is 19.9. The number of hydrogen-bond donors (Lipinski definition) is 4. The first-order valence-electron chi connectivity index (χ1n) is 10.3. The number of nitrogens with one attached hydrogen (secondary N) is 2. The summed E-state index contributed by atoms with van der Waals surface area (Å²) in [6.45, 7) is -0.0798. The van der Waals surface area contributed by atoms with Crippen molar-refractivity contribution < 1.29 is 27.1 Å². The molecule has 9 nitrogen and oxygen atoms in total. The second-order valence-corrected chi connectivity index (χ2v) is 10.0. The number of nitrogens with two attached hydrogens (primary N) is 1. The van der Waals surface area contributed by atoms with Crippen LogP contribution < -0.4 is 16.4 Å². The van der Waals surface area contributed by atoms with Crippen molar-refractivity contribution in [2.75, 3.05) is 24.2 Å². The SMILES string of the molecule is Nc1cc(C2(S(=O)(=O)c3cc(F)cc(F)c3)CC2)nc(-c2ccc(NC(=O)NCCO)cc2)n1. The zero-order valence-corrected chi connectivity index (χ0v) is 18.6. The van der Waals surface area contributed by atoms with Gasteiger partial charge in [-0.05, 0) is 49.2 Å². The fourth-order valence-corrected chi connectivity index (χ4v) is 5.57. The molecule has 0 atom stereocenters. The molecule has 34 heavy (non-hydrogen) atoms. The fraction of sp³-hybridized carbons (Fsp3) is 0.227. The van der Waals surface area contributed by atoms with Crippen LogP contribution in [0.3, 0.4) is 0 Å². The highest BCUT2D eigenvalue weighted by Crippen LogP contribution is 2.55. The molecule has 0 unspecified atom stereocenters. The number of amides is 2. The summed E-state index contributed by atoms with van der Waals surface area (Å²) in [7, 11) is -4.17. The molecule has 1 aliphatic carbocycles. The number of aliphatic hydroxyl groups is 1. The van der Waals surface area contributed by atoms with Crippen LogP contribution in [-0.2, 0) is 14.6 Å². The third-order valence-electron chi connectivity index (χ3n) is 5.38. The van der Waals surface area contributed by atoms with Gasteiger partial charge in [-0.15, -0.1) is 0 Å². The Kier molecular flexibility index (Phi) is 6.19. The Hall–Kier alpha value is -3.64. The van der Waals surface area contributed by atoms with Gasteiger partial charge in [-0.3, -0.25) is 0 Å². The lowest BCUT2D eigenvalue weighted by molar-refractivity contribution is 0.245. The van der Waals surface area contributed by atoms with E-state index in [0.29, 0.717) is 17.3 Å². The summed E-state index contributed by atoms with van der Waals surface area (Å²) in [5.41, 5.74) is 7.07. The molecule has 3 aromatic rings. The number of rotatable bonds is 7. The lowest BCUT2D eigenvalue weighted by atomic mass is 10.1. The van der Waals surface area contributed by atoms with Crippen molar-refractivity contribution in [3.05, 3.63) is 65.9 Å². The summed E-state index contributed by atoms with van der Waals surface area (Å²) in [5, 5.41) is 13.8. The monoisotopic (exact) mass is 489 g/mol. The average molecular weight is 490 g/mol. The Morgan fingerprint density at radius 1 is 1.06 bits per heavy atom. The van der Waals surface area contributed by atoms with Crippen molar-refractivity contribution in [2.24, 2.45) is 0 Å². The van der Waals surface area contributed by atoms with E-state index >= 15 is 0 Å². The van der Waals surface area contributed by atoms with Gasteiger partial charge >= 0.3 is 6.03 Å². The Morgan fingerprint density at radius 3 is 2.29 bits per heavy atom. The van der Waals surface area contributed by atoms with E-state index in [-0.39, 0.29) is 43.3 Å². The standard InChI is InChI=1S/C22H21F2N5O4S/c23-14-9-15(24)11-17(10-14)34(32,33)22(5-6-22)18-12-19(25)29-20(28-18)13-1-3-16(4-2-13)27-21(31)26-7-8-30/h1-4,9-12,30H,5-8H2,(H2,25,28,29)(H2,26,27,31). The first kappa shape index (κ1) is 23.5.